The number of carbonyl (C=O) groups is 2. The topological polar surface area (TPSA) is 51.2 Å². The van der Waals surface area contributed by atoms with Gasteiger partial charge in [0, 0.05) is 12.5 Å². The Morgan fingerprint density at radius 3 is 1.27 bits per heavy atom. The van der Waals surface area contributed by atoms with Gasteiger partial charge in [-0.25, -0.2) is 0 Å². The van der Waals surface area contributed by atoms with Crippen LogP contribution < -0.4 is 0 Å². The van der Waals surface area contributed by atoms with Crippen LogP contribution in [0.1, 0.15) is 13.8 Å². The van der Waals surface area contributed by atoms with E-state index in [4.69, 9.17) is 0 Å². The molecule has 0 radical (unpaired) electrons. The van der Waals surface area contributed by atoms with Gasteiger partial charge in [0.15, 0.2) is 11.6 Å². The summed E-state index contributed by atoms with van der Waals surface area (Å²) < 4.78 is 11.3. The maximum atomic E-state index is 11.3. The maximum absolute atomic E-state index is 11.3. The molecular weight excluding hydrogens is 164 g/mol. The van der Waals surface area contributed by atoms with Crippen molar-refractivity contribution in [3.05, 3.63) is 0 Å². The minimum absolute atomic E-state index is 0.0718. The SMILES string of the molecule is CC(=O)C(C(C)=O)=S(C)(C)=O. The van der Waals surface area contributed by atoms with E-state index in [2.05, 4.69) is 0 Å². The quantitative estimate of drug-likeness (QED) is 0.435. The maximum Gasteiger partial charge on any atom is 0.171 e. The molecule has 0 spiro atoms. The van der Waals surface area contributed by atoms with E-state index in [1.54, 1.807) is 0 Å². The molecule has 0 heterocycles. The van der Waals surface area contributed by atoms with Crippen LogP contribution in [0.25, 0.3) is 0 Å². The second-order valence-corrected chi connectivity index (χ2v) is 5.55. The second kappa shape index (κ2) is 3.17. The summed E-state index contributed by atoms with van der Waals surface area (Å²) in [6, 6.07) is 0. The molecule has 0 aliphatic heterocycles. The van der Waals surface area contributed by atoms with E-state index in [0.29, 0.717) is 0 Å². The van der Waals surface area contributed by atoms with Crippen LogP contribution >= 0.6 is 0 Å². The van der Waals surface area contributed by atoms with Gasteiger partial charge in [-0.1, -0.05) is 0 Å². The first-order valence-corrected chi connectivity index (χ1v) is 5.47. The lowest BCUT2D eigenvalue weighted by Gasteiger charge is -2.01. The van der Waals surface area contributed by atoms with Gasteiger partial charge in [0.25, 0.3) is 0 Å². The van der Waals surface area contributed by atoms with E-state index in [0.717, 1.165) is 0 Å². The smallest absolute Gasteiger partial charge is 0.171 e. The van der Waals surface area contributed by atoms with Crippen LogP contribution in [-0.4, -0.2) is 33.2 Å². The molecule has 64 valence electrons. The highest BCUT2D eigenvalue weighted by Crippen LogP contribution is 1.90. The van der Waals surface area contributed by atoms with Gasteiger partial charge in [0.05, 0.1) is 0 Å². The zero-order valence-electron chi connectivity index (χ0n) is 7.13. The molecule has 0 N–H and O–H groups in total. The molecule has 0 aliphatic carbocycles. The van der Waals surface area contributed by atoms with Crippen LogP contribution in [0.15, 0.2) is 0 Å². The fraction of sp³-hybridized carbons (Fsp3) is 0.571. The van der Waals surface area contributed by atoms with Crippen LogP contribution in [-0.2, 0) is 19.1 Å². The first-order valence-electron chi connectivity index (χ1n) is 3.10. The van der Waals surface area contributed by atoms with Gasteiger partial charge in [-0.15, -0.1) is 0 Å². The number of carbonyl (C=O) groups excluding carboxylic acids is 2. The lowest BCUT2D eigenvalue weighted by molar-refractivity contribution is -0.114. The molecule has 0 saturated carbocycles. The van der Waals surface area contributed by atoms with Crippen molar-refractivity contribution in [3.63, 3.8) is 0 Å². The molecule has 4 heteroatoms. The van der Waals surface area contributed by atoms with Crippen LogP contribution in [0.2, 0.25) is 0 Å². The van der Waals surface area contributed by atoms with E-state index < -0.39 is 21.1 Å². The predicted molar refractivity (Wildman–Crippen MR) is 46.4 cm³/mol. The van der Waals surface area contributed by atoms with Crippen molar-refractivity contribution in [3.8, 4) is 0 Å². The fourth-order valence-electron chi connectivity index (χ4n) is 0.940. The molecule has 0 bridgehead atoms. The van der Waals surface area contributed by atoms with Crippen LogP contribution in [0, 0.1) is 0 Å². The van der Waals surface area contributed by atoms with Crippen molar-refractivity contribution in [1.29, 1.82) is 0 Å². The first kappa shape index (κ1) is 10.4. The number of Topliss-reactive ketones (excluding diaryl/α,β-unsaturated/α-hetero) is 2. The average Bonchev–Trinajstić information content (AvgIpc) is 1.54. The van der Waals surface area contributed by atoms with Crippen molar-refractivity contribution in [1.82, 2.24) is 0 Å². The minimum atomic E-state index is -2.40. The Labute approximate surface area is 66.8 Å². The zero-order valence-corrected chi connectivity index (χ0v) is 7.95. The standard InChI is InChI=1S/C7H12O3S/c1-5(8)7(6(2)9)11(3,4)10/h1-4H3. The molecule has 3 nitrogen and oxygen atoms in total. The monoisotopic (exact) mass is 176 g/mol. The largest absolute Gasteiger partial charge is 0.294 e. The molecule has 0 aromatic carbocycles. The molecule has 0 saturated heterocycles. The Balaban J connectivity index is 5.46. The van der Waals surface area contributed by atoms with Crippen LogP contribution in [0.5, 0.6) is 0 Å². The van der Waals surface area contributed by atoms with E-state index >= 15 is 0 Å². The van der Waals surface area contributed by atoms with E-state index in [-0.39, 0.29) is 4.86 Å². The Hall–Kier alpha value is -0.640. The summed E-state index contributed by atoms with van der Waals surface area (Å²) in [7, 11) is -2.40. The third-order valence-electron chi connectivity index (χ3n) is 1.13. The molecule has 0 fully saturated rings. The zero-order chi connectivity index (χ0) is 9.23. The highest BCUT2D eigenvalue weighted by molar-refractivity contribution is 8.03. The summed E-state index contributed by atoms with van der Waals surface area (Å²) in [5.41, 5.74) is 0. The fourth-order valence-corrected chi connectivity index (χ4v) is 2.32. The van der Waals surface area contributed by atoms with Crippen molar-refractivity contribution in [2.45, 2.75) is 13.8 Å². The minimum Gasteiger partial charge on any atom is -0.294 e. The predicted octanol–water partition coefficient (Wildman–Crippen LogP) is -0.119. The summed E-state index contributed by atoms with van der Waals surface area (Å²) in [6.07, 6.45) is 2.79. The van der Waals surface area contributed by atoms with Crippen molar-refractivity contribution in [2.24, 2.45) is 0 Å². The van der Waals surface area contributed by atoms with E-state index in [1.807, 2.05) is 0 Å². The van der Waals surface area contributed by atoms with Gasteiger partial charge in [-0.3, -0.25) is 13.8 Å². The Bertz CT molecular complexity index is 282. The number of rotatable bonds is 2. The molecule has 0 aliphatic rings. The van der Waals surface area contributed by atoms with E-state index in [9.17, 15) is 13.8 Å². The summed E-state index contributed by atoms with van der Waals surface area (Å²) >= 11 is 0. The molecule has 11 heavy (non-hydrogen) atoms. The number of hydrogen-bond donors (Lipinski definition) is 0. The third kappa shape index (κ3) is 2.84. The molecule has 0 rings (SSSR count). The molecular formula is C7H12O3S. The van der Waals surface area contributed by atoms with Gasteiger partial charge in [-0.05, 0) is 23.4 Å². The van der Waals surface area contributed by atoms with Crippen molar-refractivity contribution in [2.75, 3.05) is 12.5 Å². The lowest BCUT2D eigenvalue weighted by atomic mass is 10.2. The number of ketones is 2. The summed E-state index contributed by atoms with van der Waals surface area (Å²) in [5, 5.41) is 0. The van der Waals surface area contributed by atoms with Gasteiger partial charge < -0.3 is 0 Å². The Morgan fingerprint density at radius 2 is 1.27 bits per heavy atom. The van der Waals surface area contributed by atoms with Gasteiger partial charge in [-0.2, -0.15) is 0 Å². The third-order valence-corrected chi connectivity index (χ3v) is 2.69. The number of hydrogen-bond acceptors (Lipinski definition) is 3. The van der Waals surface area contributed by atoms with Crippen molar-refractivity contribution >= 4 is 26.0 Å². The van der Waals surface area contributed by atoms with Crippen molar-refractivity contribution < 1.29 is 13.8 Å². The summed E-state index contributed by atoms with van der Waals surface area (Å²) in [6.45, 7) is 2.51. The molecule has 0 aromatic rings. The van der Waals surface area contributed by atoms with E-state index in [1.165, 1.54) is 26.4 Å². The van der Waals surface area contributed by atoms with Gasteiger partial charge in [0.1, 0.15) is 4.86 Å². The first-order chi connectivity index (χ1) is 4.76. The van der Waals surface area contributed by atoms with Crippen LogP contribution in [0.4, 0.5) is 0 Å². The normalized spacial score (nSPS) is 10.9. The molecule has 0 unspecified atom stereocenters. The molecule has 0 amide bonds. The lowest BCUT2D eigenvalue weighted by Crippen LogP contribution is -2.26. The highest BCUT2D eigenvalue weighted by atomic mass is 32.2. The summed E-state index contributed by atoms with van der Waals surface area (Å²) in [4.78, 5) is 21.5. The Morgan fingerprint density at radius 1 is 1.00 bits per heavy atom. The van der Waals surface area contributed by atoms with Crippen LogP contribution in [0.3, 0.4) is 0 Å². The van der Waals surface area contributed by atoms with Gasteiger partial charge >= 0.3 is 0 Å². The Kier molecular flexibility index (Phi) is 2.99. The highest BCUT2D eigenvalue weighted by Gasteiger charge is 2.15. The van der Waals surface area contributed by atoms with Gasteiger partial charge in [0.2, 0.25) is 0 Å². The molecule has 0 atom stereocenters. The molecule has 0 aromatic heterocycles. The average molecular weight is 176 g/mol. The second-order valence-electron chi connectivity index (χ2n) is 2.67. The summed E-state index contributed by atoms with van der Waals surface area (Å²) in [5.74, 6) is -0.792.